The SMILES string of the molecule is CCCCNC(=O)[C@@H](C)NS(=O)(=O)c1ccc(OC)c(Cl)c1. The number of benzene rings is 1. The number of halogens is 1. The van der Waals surface area contributed by atoms with Gasteiger partial charge in [0.15, 0.2) is 0 Å². The van der Waals surface area contributed by atoms with E-state index in [1.165, 1.54) is 32.2 Å². The fourth-order valence-corrected chi connectivity index (χ4v) is 3.26. The second-order valence-corrected chi connectivity index (χ2v) is 6.91. The Labute approximate surface area is 136 Å². The number of ether oxygens (including phenoxy) is 1. The monoisotopic (exact) mass is 348 g/mol. The zero-order valence-corrected chi connectivity index (χ0v) is 14.4. The molecule has 1 aromatic carbocycles. The highest BCUT2D eigenvalue weighted by molar-refractivity contribution is 7.89. The molecule has 0 fully saturated rings. The number of rotatable bonds is 8. The Morgan fingerprint density at radius 1 is 1.41 bits per heavy atom. The third kappa shape index (κ3) is 5.15. The number of unbranched alkanes of at least 4 members (excludes halogenated alkanes) is 1. The first-order chi connectivity index (χ1) is 10.3. The number of hydrogen-bond acceptors (Lipinski definition) is 4. The lowest BCUT2D eigenvalue weighted by Crippen LogP contribution is -2.44. The van der Waals surface area contributed by atoms with Gasteiger partial charge in [-0.15, -0.1) is 0 Å². The minimum atomic E-state index is -3.83. The third-order valence-corrected chi connectivity index (χ3v) is 4.82. The van der Waals surface area contributed by atoms with E-state index in [0.717, 1.165) is 12.8 Å². The topological polar surface area (TPSA) is 84.5 Å². The van der Waals surface area contributed by atoms with Crippen LogP contribution in [0.15, 0.2) is 23.1 Å². The first-order valence-electron chi connectivity index (χ1n) is 6.95. The van der Waals surface area contributed by atoms with Crippen molar-refractivity contribution < 1.29 is 17.9 Å². The van der Waals surface area contributed by atoms with Gasteiger partial charge in [0, 0.05) is 6.54 Å². The predicted octanol–water partition coefficient (Wildman–Crippen LogP) is 1.93. The van der Waals surface area contributed by atoms with E-state index in [1.807, 2.05) is 6.92 Å². The van der Waals surface area contributed by atoms with Crippen molar-refractivity contribution in [1.29, 1.82) is 0 Å². The van der Waals surface area contributed by atoms with Crippen molar-refractivity contribution in [2.75, 3.05) is 13.7 Å². The summed E-state index contributed by atoms with van der Waals surface area (Å²) in [4.78, 5) is 11.8. The van der Waals surface area contributed by atoms with E-state index in [9.17, 15) is 13.2 Å². The highest BCUT2D eigenvalue weighted by Crippen LogP contribution is 2.26. The van der Waals surface area contributed by atoms with E-state index in [4.69, 9.17) is 16.3 Å². The van der Waals surface area contributed by atoms with E-state index < -0.39 is 16.1 Å². The average molecular weight is 349 g/mol. The number of methoxy groups -OCH3 is 1. The summed E-state index contributed by atoms with van der Waals surface area (Å²) in [6, 6.07) is 3.24. The van der Waals surface area contributed by atoms with Crippen LogP contribution in [0.1, 0.15) is 26.7 Å². The summed E-state index contributed by atoms with van der Waals surface area (Å²) in [5, 5.41) is 2.86. The molecule has 124 valence electrons. The molecule has 1 aromatic rings. The Morgan fingerprint density at radius 3 is 2.64 bits per heavy atom. The number of carbonyl (C=O) groups excluding carboxylic acids is 1. The van der Waals surface area contributed by atoms with Crippen LogP contribution in [0.4, 0.5) is 0 Å². The Kier molecular flexibility index (Phi) is 7.12. The van der Waals surface area contributed by atoms with Crippen molar-refractivity contribution in [3.05, 3.63) is 23.2 Å². The molecule has 1 atom stereocenters. The molecule has 22 heavy (non-hydrogen) atoms. The lowest BCUT2D eigenvalue weighted by atomic mass is 10.3. The van der Waals surface area contributed by atoms with Gasteiger partial charge < -0.3 is 10.1 Å². The summed E-state index contributed by atoms with van der Waals surface area (Å²) in [5.41, 5.74) is 0. The molecule has 0 aromatic heterocycles. The maximum atomic E-state index is 12.2. The molecule has 0 heterocycles. The van der Waals surface area contributed by atoms with Gasteiger partial charge in [-0.05, 0) is 31.5 Å². The Balaban J connectivity index is 2.78. The molecule has 0 aliphatic carbocycles. The van der Waals surface area contributed by atoms with Crippen LogP contribution in [-0.2, 0) is 14.8 Å². The molecule has 0 aliphatic heterocycles. The second-order valence-electron chi connectivity index (χ2n) is 4.78. The lowest BCUT2D eigenvalue weighted by molar-refractivity contribution is -0.122. The Bertz CT molecular complexity index is 619. The average Bonchev–Trinajstić information content (AvgIpc) is 2.46. The van der Waals surface area contributed by atoms with Crippen molar-refractivity contribution in [2.24, 2.45) is 0 Å². The van der Waals surface area contributed by atoms with Crippen LogP contribution in [0.25, 0.3) is 0 Å². The van der Waals surface area contributed by atoms with Crippen LogP contribution in [0, 0.1) is 0 Å². The fraction of sp³-hybridized carbons (Fsp3) is 0.500. The minimum Gasteiger partial charge on any atom is -0.495 e. The van der Waals surface area contributed by atoms with Gasteiger partial charge in [-0.2, -0.15) is 4.72 Å². The van der Waals surface area contributed by atoms with E-state index in [1.54, 1.807) is 0 Å². The summed E-state index contributed by atoms with van der Waals surface area (Å²) in [5.74, 6) is 0.0163. The molecule has 6 nitrogen and oxygen atoms in total. The lowest BCUT2D eigenvalue weighted by Gasteiger charge is -2.15. The van der Waals surface area contributed by atoms with Crippen molar-refractivity contribution in [1.82, 2.24) is 10.0 Å². The molecule has 8 heteroatoms. The van der Waals surface area contributed by atoms with Crippen molar-refractivity contribution in [2.45, 2.75) is 37.6 Å². The van der Waals surface area contributed by atoms with Crippen LogP contribution in [-0.4, -0.2) is 34.0 Å². The minimum absolute atomic E-state index is 0.0218. The van der Waals surface area contributed by atoms with E-state index in [0.29, 0.717) is 12.3 Å². The summed E-state index contributed by atoms with van der Waals surface area (Å²) in [6.07, 6.45) is 1.80. The van der Waals surface area contributed by atoms with Gasteiger partial charge in [0.1, 0.15) is 5.75 Å². The van der Waals surface area contributed by atoms with Crippen molar-refractivity contribution in [3.63, 3.8) is 0 Å². The molecule has 0 unspecified atom stereocenters. The Hall–Kier alpha value is -1.31. The molecule has 0 saturated heterocycles. The van der Waals surface area contributed by atoms with Gasteiger partial charge in [0.2, 0.25) is 15.9 Å². The second kappa shape index (κ2) is 8.36. The molecule has 0 radical (unpaired) electrons. The fourth-order valence-electron chi connectivity index (χ4n) is 1.71. The molecule has 1 amide bonds. The molecule has 0 spiro atoms. The van der Waals surface area contributed by atoms with E-state index in [2.05, 4.69) is 10.0 Å². The smallest absolute Gasteiger partial charge is 0.241 e. The molecule has 2 N–H and O–H groups in total. The predicted molar refractivity (Wildman–Crippen MR) is 85.7 cm³/mol. The van der Waals surface area contributed by atoms with Crippen LogP contribution < -0.4 is 14.8 Å². The molecular formula is C14H21ClN2O4S. The van der Waals surface area contributed by atoms with Gasteiger partial charge in [-0.3, -0.25) is 4.79 Å². The normalized spacial score (nSPS) is 12.7. The zero-order valence-electron chi connectivity index (χ0n) is 12.8. The van der Waals surface area contributed by atoms with Crippen molar-refractivity contribution >= 4 is 27.5 Å². The van der Waals surface area contributed by atoms with Gasteiger partial charge >= 0.3 is 0 Å². The Morgan fingerprint density at radius 2 is 2.09 bits per heavy atom. The summed E-state index contributed by atoms with van der Waals surface area (Å²) >= 11 is 5.92. The third-order valence-electron chi connectivity index (χ3n) is 2.99. The number of carbonyl (C=O) groups is 1. The zero-order chi connectivity index (χ0) is 16.8. The van der Waals surface area contributed by atoms with Gasteiger partial charge in [0.25, 0.3) is 0 Å². The van der Waals surface area contributed by atoms with Crippen molar-refractivity contribution in [3.8, 4) is 5.75 Å². The number of hydrogen-bond donors (Lipinski definition) is 2. The van der Waals surface area contributed by atoms with Gasteiger partial charge in [0.05, 0.1) is 23.1 Å². The van der Waals surface area contributed by atoms with Crippen LogP contribution in [0.2, 0.25) is 5.02 Å². The van der Waals surface area contributed by atoms with Crippen LogP contribution >= 0.6 is 11.6 Å². The number of nitrogens with one attached hydrogen (secondary N) is 2. The first kappa shape index (κ1) is 18.7. The maximum absolute atomic E-state index is 12.2. The summed E-state index contributed by atoms with van der Waals surface area (Å²) in [6.45, 7) is 4.02. The summed E-state index contributed by atoms with van der Waals surface area (Å²) in [7, 11) is -2.39. The largest absolute Gasteiger partial charge is 0.495 e. The van der Waals surface area contributed by atoms with E-state index >= 15 is 0 Å². The molecule has 0 bridgehead atoms. The van der Waals surface area contributed by atoms with Crippen LogP contribution in [0.3, 0.4) is 0 Å². The van der Waals surface area contributed by atoms with Crippen LogP contribution in [0.5, 0.6) is 5.75 Å². The maximum Gasteiger partial charge on any atom is 0.241 e. The van der Waals surface area contributed by atoms with E-state index in [-0.39, 0.29) is 15.8 Å². The molecule has 0 saturated carbocycles. The van der Waals surface area contributed by atoms with Gasteiger partial charge in [-0.25, -0.2) is 8.42 Å². The number of amides is 1. The molecule has 1 rings (SSSR count). The highest BCUT2D eigenvalue weighted by Gasteiger charge is 2.22. The first-order valence-corrected chi connectivity index (χ1v) is 8.81. The molecule has 0 aliphatic rings. The molecular weight excluding hydrogens is 328 g/mol. The quantitative estimate of drug-likeness (QED) is 0.703. The van der Waals surface area contributed by atoms with Gasteiger partial charge in [-0.1, -0.05) is 24.9 Å². The summed E-state index contributed by atoms with van der Waals surface area (Å²) < 4.78 is 31.8. The highest BCUT2D eigenvalue weighted by atomic mass is 35.5. The standard InChI is InChI=1S/C14H21ClN2O4S/c1-4-5-8-16-14(18)10(2)17-22(19,20)11-6-7-13(21-3)12(15)9-11/h6-7,9-10,17H,4-5,8H2,1-3H3,(H,16,18)/t10-/m1/s1. The number of sulfonamides is 1.